The molecule has 1 N–H and O–H groups in total. The highest BCUT2D eigenvalue weighted by Crippen LogP contribution is 2.23. The summed E-state index contributed by atoms with van der Waals surface area (Å²) in [6.45, 7) is 4.18. The summed E-state index contributed by atoms with van der Waals surface area (Å²) in [5.74, 6) is -0.448. The van der Waals surface area contributed by atoms with E-state index in [1.54, 1.807) is 6.07 Å². The van der Waals surface area contributed by atoms with Crippen LogP contribution in [-0.4, -0.2) is 14.9 Å². The van der Waals surface area contributed by atoms with Crippen LogP contribution in [0.15, 0.2) is 30.5 Å². The van der Waals surface area contributed by atoms with Crippen LogP contribution in [0.4, 0.5) is 4.39 Å². The van der Waals surface area contributed by atoms with Crippen LogP contribution >= 0.6 is 11.6 Å². The van der Waals surface area contributed by atoms with Gasteiger partial charge in [0.1, 0.15) is 5.82 Å². The van der Waals surface area contributed by atoms with Crippen LogP contribution in [0.2, 0.25) is 5.02 Å². The van der Waals surface area contributed by atoms with E-state index >= 15 is 0 Å². The number of benzene rings is 1. The zero-order valence-electron chi connectivity index (χ0n) is 11.6. The lowest BCUT2D eigenvalue weighted by molar-refractivity contribution is 0.176. The van der Waals surface area contributed by atoms with Gasteiger partial charge >= 0.3 is 0 Å². The normalized spacial score (nSPS) is 14.2. The third kappa shape index (κ3) is 3.58. The van der Waals surface area contributed by atoms with Crippen LogP contribution in [0.1, 0.15) is 43.7 Å². The molecule has 2 rings (SSSR count). The Bertz CT molecular complexity index is 565. The van der Waals surface area contributed by atoms with Crippen LogP contribution in [0.3, 0.4) is 0 Å². The van der Waals surface area contributed by atoms with E-state index in [0.717, 1.165) is 12.1 Å². The van der Waals surface area contributed by atoms with Crippen molar-refractivity contribution in [1.29, 1.82) is 0 Å². The van der Waals surface area contributed by atoms with Gasteiger partial charge in [-0.05, 0) is 43.2 Å². The molecule has 2 unspecified atom stereocenters. The third-order valence-electron chi connectivity index (χ3n) is 3.38. The highest BCUT2D eigenvalue weighted by Gasteiger charge is 2.13. The maximum Gasteiger partial charge on any atom is 0.125 e. The molecule has 2 atom stereocenters. The van der Waals surface area contributed by atoms with Crippen LogP contribution < -0.4 is 0 Å². The Morgan fingerprint density at radius 1 is 1.40 bits per heavy atom. The standard InChI is InChI=1S/C15H18ClFN2O/c1-3-10(2)19-5-4-14(18-19)9-15(20)11-6-12(16)8-13(17)7-11/h4-8,10,15,20H,3,9H2,1-2H3. The Labute approximate surface area is 123 Å². The van der Waals surface area contributed by atoms with Crippen molar-refractivity contribution in [3.05, 3.63) is 52.6 Å². The topological polar surface area (TPSA) is 38.0 Å². The van der Waals surface area contributed by atoms with Gasteiger partial charge in [0.05, 0.1) is 11.8 Å². The minimum Gasteiger partial charge on any atom is -0.388 e. The molecule has 0 aliphatic heterocycles. The van der Waals surface area contributed by atoms with Crippen molar-refractivity contribution in [3.63, 3.8) is 0 Å². The maximum atomic E-state index is 13.3. The minimum absolute atomic E-state index is 0.282. The van der Waals surface area contributed by atoms with Crippen LogP contribution in [-0.2, 0) is 6.42 Å². The van der Waals surface area contributed by atoms with Crippen molar-refractivity contribution >= 4 is 11.6 Å². The Kier molecular flexibility index (Phi) is 4.78. The second kappa shape index (κ2) is 6.37. The van der Waals surface area contributed by atoms with E-state index < -0.39 is 11.9 Å². The summed E-state index contributed by atoms with van der Waals surface area (Å²) < 4.78 is 15.1. The number of nitrogens with zero attached hydrogens (tertiary/aromatic N) is 2. The van der Waals surface area contributed by atoms with Gasteiger partial charge < -0.3 is 5.11 Å². The second-order valence-electron chi connectivity index (χ2n) is 4.97. The molecular formula is C15H18ClFN2O. The number of rotatable bonds is 5. The lowest BCUT2D eigenvalue weighted by Gasteiger charge is -2.11. The molecule has 5 heteroatoms. The third-order valence-corrected chi connectivity index (χ3v) is 3.60. The first-order valence-corrected chi connectivity index (χ1v) is 7.05. The van der Waals surface area contributed by atoms with Gasteiger partial charge in [0.25, 0.3) is 0 Å². The zero-order chi connectivity index (χ0) is 14.7. The molecule has 1 aromatic carbocycles. The summed E-state index contributed by atoms with van der Waals surface area (Å²) in [6, 6.07) is 6.28. The smallest absolute Gasteiger partial charge is 0.125 e. The molecule has 0 amide bonds. The molecule has 2 aromatic rings. The van der Waals surface area contributed by atoms with E-state index in [1.807, 2.05) is 16.9 Å². The van der Waals surface area contributed by atoms with Crippen LogP contribution in [0, 0.1) is 5.82 Å². The SMILES string of the molecule is CCC(C)n1ccc(CC(O)c2cc(F)cc(Cl)c2)n1. The summed E-state index contributed by atoms with van der Waals surface area (Å²) in [5.41, 5.74) is 1.24. The van der Waals surface area contributed by atoms with Gasteiger partial charge in [0.15, 0.2) is 0 Å². The van der Waals surface area contributed by atoms with Crippen molar-refractivity contribution in [2.75, 3.05) is 0 Å². The molecule has 0 spiro atoms. The highest BCUT2D eigenvalue weighted by atomic mass is 35.5. The summed E-state index contributed by atoms with van der Waals surface area (Å²) in [5, 5.41) is 14.9. The Morgan fingerprint density at radius 3 is 2.80 bits per heavy atom. The number of aliphatic hydroxyl groups excluding tert-OH is 1. The fourth-order valence-electron chi connectivity index (χ4n) is 2.00. The monoisotopic (exact) mass is 296 g/mol. The van der Waals surface area contributed by atoms with Crippen molar-refractivity contribution < 1.29 is 9.50 Å². The first-order valence-electron chi connectivity index (χ1n) is 6.67. The summed E-state index contributed by atoms with van der Waals surface area (Å²) in [4.78, 5) is 0. The predicted octanol–water partition coefficient (Wildman–Crippen LogP) is 3.92. The number of halogens is 2. The number of hydrogen-bond acceptors (Lipinski definition) is 2. The van der Waals surface area contributed by atoms with Gasteiger partial charge in [-0.1, -0.05) is 18.5 Å². The molecule has 0 aliphatic carbocycles. The molecular weight excluding hydrogens is 279 g/mol. The van der Waals surface area contributed by atoms with Gasteiger partial charge in [-0.2, -0.15) is 5.10 Å². The van der Waals surface area contributed by atoms with Gasteiger partial charge in [-0.25, -0.2) is 4.39 Å². The first-order chi connectivity index (χ1) is 9.49. The van der Waals surface area contributed by atoms with Gasteiger partial charge in [-0.3, -0.25) is 4.68 Å². The lowest BCUT2D eigenvalue weighted by atomic mass is 10.1. The molecule has 0 fully saturated rings. The molecule has 1 aromatic heterocycles. The average Bonchev–Trinajstić information content (AvgIpc) is 2.85. The van der Waals surface area contributed by atoms with Crippen molar-refractivity contribution in [1.82, 2.24) is 9.78 Å². The van der Waals surface area contributed by atoms with Crippen molar-refractivity contribution in [2.45, 2.75) is 38.8 Å². The largest absolute Gasteiger partial charge is 0.388 e. The van der Waals surface area contributed by atoms with E-state index in [4.69, 9.17) is 11.6 Å². The molecule has 0 bridgehead atoms. The van der Waals surface area contributed by atoms with Crippen LogP contribution in [0.5, 0.6) is 0 Å². The Hall–Kier alpha value is -1.39. The molecule has 0 radical (unpaired) electrons. The van der Waals surface area contributed by atoms with E-state index in [-0.39, 0.29) is 5.02 Å². The number of aliphatic hydroxyl groups is 1. The number of hydrogen-bond donors (Lipinski definition) is 1. The lowest BCUT2D eigenvalue weighted by Crippen LogP contribution is -2.07. The molecule has 0 saturated heterocycles. The fourth-order valence-corrected chi connectivity index (χ4v) is 2.23. The molecule has 0 aliphatic rings. The van der Waals surface area contributed by atoms with E-state index in [1.165, 1.54) is 12.1 Å². The summed E-state index contributed by atoms with van der Waals surface area (Å²) in [7, 11) is 0. The average molecular weight is 297 g/mol. The van der Waals surface area contributed by atoms with Gasteiger partial charge in [-0.15, -0.1) is 0 Å². The quantitative estimate of drug-likeness (QED) is 0.908. The van der Waals surface area contributed by atoms with E-state index in [2.05, 4.69) is 18.9 Å². The van der Waals surface area contributed by atoms with Crippen LogP contribution in [0.25, 0.3) is 0 Å². The second-order valence-corrected chi connectivity index (χ2v) is 5.40. The number of aromatic nitrogens is 2. The van der Waals surface area contributed by atoms with Gasteiger partial charge in [0.2, 0.25) is 0 Å². The van der Waals surface area contributed by atoms with Crippen molar-refractivity contribution in [3.8, 4) is 0 Å². The molecule has 108 valence electrons. The molecule has 1 heterocycles. The molecule has 0 saturated carbocycles. The predicted molar refractivity (Wildman–Crippen MR) is 77.3 cm³/mol. The fraction of sp³-hybridized carbons (Fsp3) is 0.400. The molecule has 3 nitrogen and oxygen atoms in total. The molecule has 20 heavy (non-hydrogen) atoms. The zero-order valence-corrected chi connectivity index (χ0v) is 12.3. The first kappa shape index (κ1) is 15.0. The van der Waals surface area contributed by atoms with Gasteiger partial charge in [0, 0.05) is 23.7 Å². The Balaban J connectivity index is 2.11. The minimum atomic E-state index is -0.816. The highest BCUT2D eigenvalue weighted by molar-refractivity contribution is 6.30. The van der Waals surface area contributed by atoms with E-state index in [0.29, 0.717) is 18.0 Å². The summed E-state index contributed by atoms with van der Waals surface area (Å²) >= 11 is 5.79. The van der Waals surface area contributed by atoms with Crippen molar-refractivity contribution in [2.24, 2.45) is 0 Å². The summed E-state index contributed by atoms with van der Waals surface area (Å²) in [6.07, 6.45) is 2.41. The van der Waals surface area contributed by atoms with E-state index in [9.17, 15) is 9.50 Å². The maximum absolute atomic E-state index is 13.3. The Morgan fingerprint density at radius 2 is 2.15 bits per heavy atom.